The first-order valence-electron chi connectivity index (χ1n) is 9.49. The second-order valence-electron chi connectivity index (χ2n) is 7.42. The Hall–Kier alpha value is -1.90. The van der Waals surface area contributed by atoms with Crippen molar-refractivity contribution in [2.24, 2.45) is 5.92 Å². The molecule has 0 aliphatic carbocycles. The molecule has 29 heavy (non-hydrogen) atoms. The Bertz CT molecular complexity index is 986. The van der Waals surface area contributed by atoms with Gasteiger partial charge in [0.1, 0.15) is 0 Å². The molecule has 0 aromatic carbocycles. The molecule has 1 atom stereocenters. The van der Waals surface area contributed by atoms with Crippen LogP contribution in [-0.2, 0) is 6.54 Å². The number of nitrogens with zero attached hydrogens (tertiary/aromatic N) is 3. The number of aromatic nitrogens is 3. The summed E-state index contributed by atoms with van der Waals surface area (Å²) in [5.41, 5.74) is 0.252. The van der Waals surface area contributed by atoms with Gasteiger partial charge in [0, 0.05) is 25.3 Å². The van der Waals surface area contributed by atoms with E-state index in [1.54, 1.807) is 11.0 Å². The Morgan fingerprint density at radius 2 is 2.03 bits per heavy atom. The molecule has 1 unspecified atom stereocenters. The van der Waals surface area contributed by atoms with E-state index in [0.717, 1.165) is 13.0 Å². The van der Waals surface area contributed by atoms with Gasteiger partial charge in [-0.15, -0.1) is 24.8 Å². The number of carbonyl (C=O) groups is 1. The number of aromatic amines is 1. The SMILES string of the molecule is CCn1c(=O)[nH]c(=O)c2c(C(=O)N3CCC(CNC)C3)cc(C(C)C)nc21.Cl.Cl. The summed E-state index contributed by atoms with van der Waals surface area (Å²) in [6.07, 6.45) is 0.933. The zero-order valence-corrected chi connectivity index (χ0v) is 18.8. The van der Waals surface area contributed by atoms with Crippen LogP contribution >= 0.6 is 24.8 Å². The van der Waals surface area contributed by atoms with Crippen LogP contribution in [0.5, 0.6) is 0 Å². The Morgan fingerprint density at radius 3 is 2.62 bits per heavy atom. The number of pyridine rings is 1. The molecule has 1 saturated heterocycles. The van der Waals surface area contributed by atoms with Crippen molar-refractivity contribution in [3.63, 3.8) is 0 Å². The maximum Gasteiger partial charge on any atom is 0.329 e. The molecule has 2 aromatic heterocycles. The third-order valence-electron chi connectivity index (χ3n) is 5.17. The van der Waals surface area contributed by atoms with Crippen molar-refractivity contribution >= 4 is 41.8 Å². The molecule has 162 valence electrons. The van der Waals surface area contributed by atoms with E-state index in [-0.39, 0.29) is 47.7 Å². The maximum absolute atomic E-state index is 13.3. The minimum atomic E-state index is -0.558. The van der Waals surface area contributed by atoms with Gasteiger partial charge in [0.25, 0.3) is 11.5 Å². The van der Waals surface area contributed by atoms with Gasteiger partial charge in [-0.1, -0.05) is 13.8 Å². The van der Waals surface area contributed by atoms with Crippen LogP contribution in [0.3, 0.4) is 0 Å². The number of halogens is 2. The average molecular weight is 446 g/mol. The lowest BCUT2D eigenvalue weighted by Crippen LogP contribution is -2.34. The topological polar surface area (TPSA) is 100 Å². The molecule has 0 radical (unpaired) electrons. The highest BCUT2D eigenvalue weighted by Gasteiger charge is 2.29. The molecule has 1 aliphatic heterocycles. The number of hydrogen-bond acceptors (Lipinski definition) is 5. The van der Waals surface area contributed by atoms with Gasteiger partial charge < -0.3 is 10.2 Å². The second kappa shape index (κ2) is 10.2. The van der Waals surface area contributed by atoms with Gasteiger partial charge >= 0.3 is 5.69 Å². The molecule has 0 spiro atoms. The minimum Gasteiger partial charge on any atom is -0.338 e. The molecular formula is C19H29Cl2N5O3. The number of fused-ring (bicyclic) bond motifs is 1. The van der Waals surface area contributed by atoms with E-state index in [2.05, 4.69) is 15.3 Å². The molecule has 0 saturated carbocycles. The van der Waals surface area contributed by atoms with E-state index in [1.807, 2.05) is 27.8 Å². The zero-order valence-electron chi connectivity index (χ0n) is 17.2. The van der Waals surface area contributed by atoms with Crippen molar-refractivity contribution in [2.45, 2.75) is 39.7 Å². The summed E-state index contributed by atoms with van der Waals surface area (Å²) < 4.78 is 1.41. The molecule has 3 rings (SSSR count). The molecule has 8 nitrogen and oxygen atoms in total. The van der Waals surface area contributed by atoms with Gasteiger partial charge in [-0.3, -0.25) is 19.1 Å². The maximum atomic E-state index is 13.3. The quantitative estimate of drug-likeness (QED) is 0.729. The summed E-state index contributed by atoms with van der Waals surface area (Å²) in [5, 5.41) is 3.35. The van der Waals surface area contributed by atoms with E-state index in [0.29, 0.717) is 36.8 Å². The normalized spacial score (nSPS) is 16.0. The van der Waals surface area contributed by atoms with Crippen molar-refractivity contribution in [2.75, 3.05) is 26.7 Å². The van der Waals surface area contributed by atoms with Gasteiger partial charge in [-0.2, -0.15) is 0 Å². The van der Waals surface area contributed by atoms with Crippen LogP contribution in [0.15, 0.2) is 15.7 Å². The Balaban J connectivity index is 0.00000210. The van der Waals surface area contributed by atoms with Crippen molar-refractivity contribution in [3.8, 4) is 0 Å². The fraction of sp³-hybridized carbons (Fsp3) is 0.579. The van der Waals surface area contributed by atoms with E-state index < -0.39 is 11.2 Å². The van der Waals surface area contributed by atoms with Crippen LogP contribution < -0.4 is 16.6 Å². The number of likely N-dealkylation sites (tertiary alicyclic amines) is 1. The summed E-state index contributed by atoms with van der Waals surface area (Å²) in [6.45, 7) is 8.30. The first kappa shape index (κ1) is 25.1. The first-order valence-corrected chi connectivity index (χ1v) is 9.49. The van der Waals surface area contributed by atoms with E-state index in [4.69, 9.17) is 0 Å². The highest BCUT2D eigenvalue weighted by Crippen LogP contribution is 2.24. The Kier molecular flexibility index (Phi) is 8.86. The molecular weight excluding hydrogens is 417 g/mol. The predicted octanol–water partition coefficient (Wildman–Crippen LogP) is 1.75. The number of carbonyl (C=O) groups excluding carboxylic acids is 1. The lowest BCUT2D eigenvalue weighted by atomic mass is 10.0. The van der Waals surface area contributed by atoms with Crippen molar-refractivity contribution in [1.82, 2.24) is 24.8 Å². The number of amides is 1. The van der Waals surface area contributed by atoms with Crippen LogP contribution in [0.25, 0.3) is 11.0 Å². The third-order valence-corrected chi connectivity index (χ3v) is 5.17. The predicted molar refractivity (Wildman–Crippen MR) is 119 cm³/mol. The van der Waals surface area contributed by atoms with Crippen LogP contribution in [-0.4, -0.2) is 52.0 Å². The number of aryl methyl sites for hydroxylation is 1. The molecule has 2 N–H and O–H groups in total. The van der Waals surface area contributed by atoms with E-state index in [9.17, 15) is 14.4 Å². The lowest BCUT2D eigenvalue weighted by Gasteiger charge is -2.19. The highest BCUT2D eigenvalue weighted by atomic mass is 35.5. The standard InChI is InChI=1S/C19H27N5O3.2ClH/c1-5-24-16-15(17(25)22-19(24)27)13(8-14(21-16)11(2)3)18(26)23-7-6-12(10-23)9-20-4;;/h8,11-12,20H,5-7,9-10H2,1-4H3,(H,22,25,27);2*1H. The van der Waals surface area contributed by atoms with E-state index >= 15 is 0 Å². The summed E-state index contributed by atoms with van der Waals surface area (Å²) in [7, 11) is 1.90. The number of H-pyrrole nitrogens is 1. The molecule has 1 fully saturated rings. The van der Waals surface area contributed by atoms with Gasteiger partial charge in [-0.05, 0) is 44.8 Å². The van der Waals surface area contributed by atoms with Gasteiger partial charge in [0.2, 0.25) is 0 Å². The van der Waals surface area contributed by atoms with Crippen molar-refractivity contribution in [3.05, 3.63) is 38.2 Å². The molecule has 2 aromatic rings. The second-order valence-corrected chi connectivity index (χ2v) is 7.42. The fourth-order valence-electron chi connectivity index (χ4n) is 3.69. The van der Waals surface area contributed by atoms with Crippen LogP contribution in [0.1, 0.15) is 49.2 Å². The summed E-state index contributed by atoms with van der Waals surface area (Å²) in [4.78, 5) is 46.7. The van der Waals surface area contributed by atoms with Crippen LogP contribution in [0.4, 0.5) is 0 Å². The fourth-order valence-corrected chi connectivity index (χ4v) is 3.69. The van der Waals surface area contributed by atoms with Gasteiger partial charge in [0.15, 0.2) is 5.65 Å². The lowest BCUT2D eigenvalue weighted by molar-refractivity contribution is 0.0789. The Labute approximate surface area is 181 Å². The number of nitrogens with one attached hydrogen (secondary N) is 2. The number of rotatable bonds is 5. The van der Waals surface area contributed by atoms with Gasteiger partial charge in [-0.25, -0.2) is 9.78 Å². The Morgan fingerprint density at radius 1 is 1.34 bits per heavy atom. The van der Waals surface area contributed by atoms with Gasteiger partial charge in [0.05, 0.1) is 10.9 Å². The van der Waals surface area contributed by atoms with Crippen LogP contribution in [0.2, 0.25) is 0 Å². The summed E-state index contributed by atoms with van der Waals surface area (Å²) in [5.74, 6) is 0.301. The van der Waals surface area contributed by atoms with E-state index in [1.165, 1.54) is 4.57 Å². The third kappa shape index (κ3) is 4.82. The largest absolute Gasteiger partial charge is 0.338 e. The minimum absolute atomic E-state index is 0. The molecule has 1 amide bonds. The average Bonchev–Trinajstić information content (AvgIpc) is 3.09. The molecule has 1 aliphatic rings. The molecule has 0 bridgehead atoms. The summed E-state index contributed by atoms with van der Waals surface area (Å²) in [6, 6.07) is 1.71. The molecule has 10 heteroatoms. The highest BCUT2D eigenvalue weighted by molar-refractivity contribution is 6.05. The van der Waals surface area contributed by atoms with Crippen molar-refractivity contribution in [1.29, 1.82) is 0 Å². The zero-order chi connectivity index (χ0) is 19.7. The number of hydrogen-bond donors (Lipinski definition) is 2. The summed E-state index contributed by atoms with van der Waals surface area (Å²) >= 11 is 0. The van der Waals surface area contributed by atoms with Crippen LogP contribution in [0, 0.1) is 5.92 Å². The smallest absolute Gasteiger partial charge is 0.329 e. The first-order chi connectivity index (χ1) is 12.9. The molecule has 3 heterocycles. The monoisotopic (exact) mass is 445 g/mol. The van der Waals surface area contributed by atoms with Crippen molar-refractivity contribution < 1.29 is 4.79 Å².